The summed E-state index contributed by atoms with van der Waals surface area (Å²) in [5, 5.41) is 3.42. The van der Waals surface area contributed by atoms with Gasteiger partial charge in [-0.2, -0.15) is 0 Å². The van der Waals surface area contributed by atoms with E-state index < -0.39 is 0 Å². The van der Waals surface area contributed by atoms with Crippen LogP contribution in [0.4, 0.5) is 5.69 Å². The van der Waals surface area contributed by atoms with E-state index in [9.17, 15) is 0 Å². The molecule has 1 heterocycles. The fraction of sp³-hybridized carbons (Fsp3) is 0.667. The van der Waals surface area contributed by atoms with E-state index in [2.05, 4.69) is 48.2 Å². The zero-order valence-electron chi connectivity index (χ0n) is 11.8. The van der Waals surface area contributed by atoms with Crippen LogP contribution >= 0.6 is 0 Å². The first-order valence-electron chi connectivity index (χ1n) is 7.08. The topological polar surface area (TPSA) is 28.2 Å². The number of pyridine rings is 1. The highest BCUT2D eigenvalue weighted by molar-refractivity contribution is 5.46. The molecule has 2 rings (SSSR count). The van der Waals surface area contributed by atoms with Crippen LogP contribution < -0.4 is 10.2 Å². The number of hydrogen-bond donors (Lipinski definition) is 1. The van der Waals surface area contributed by atoms with Crippen LogP contribution in [0.25, 0.3) is 0 Å². The summed E-state index contributed by atoms with van der Waals surface area (Å²) in [4.78, 5) is 6.86. The molecule has 1 aromatic rings. The maximum absolute atomic E-state index is 4.43. The SMILES string of the molecule is CC(C)NCc1cc(N(C)C2CCCC2)ccn1. The number of anilines is 1. The first-order chi connectivity index (χ1) is 8.66. The van der Waals surface area contributed by atoms with Gasteiger partial charge in [0.05, 0.1) is 5.69 Å². The summed E-state index contributed by atoms with van der Waals surface area (Å²) in [6.45, 7) is 5.17. The number of aromatic nitrogens is 1. The van der Waals surface area contributed by atoms with Gasteiger partial charge in [-0.25, -0.2) is 0 Å². The summed E-state index contributed by atoms with van der Waals surface area (Å²) in [6.07, 6.45) is 7.35. The zero-order valence-corrected chi connectivity index (χ0v) is 11.8. The first kappa shape index (κ1) is 13.3. The van der Waals surface area contributed by atoms with Gasteiger partial charge < -0.3 is 10.2 Å². The molecular weight excluding hydrogens is 222 g/mol. The number of rotatable bonds is 5. The van der Waals surface area contributed by atoms with Crippen molar-refractivity contribution in [2.75, 3.05) is 11.9 Å². The third-order valence-electron chi connectivity index (χ3n) is 3.77. The van der Waals surface area contributed by atoms with Gasteiger partial charge in [-0.1, -0.05) is 26.7 Å². The summed E-state index contributed by atoms with van der Waals surface area (Å²) in [7, 11) is 2.21. The molecule has 0 aromatic carbocycles. The Hall–Kier alpha value is -1.09. The molecule has 3 heteroatoms. The Bertz CT molecular complexity index is 370. The second kappa shape index (κ2) is 6.19. The molecule has 18 heavy (non-hydrogen) atoms. The van der Waals surface area contributed by atoms with E-state index >= 15 is 0 Å². The summed E-state index contributed by atoms with van der Waals surface area (Å²) in [5.74, 6) is 0. The van der Waals surface area contributed by atoms with Crippen LogP contribution in [-0.2, 0) is 6.54 Å². The van der Waals surface area contributed by atoms with E-state index in [1.54, 1.807) is 0 Å². The molecule has 0 bridgehead atoms. The molecule has 1 fully saturated rings. The highest BCUT2D eigenvalue weighted by atomic mass is 15.1. The Kier molecular flexibility index (Phi) is 4.59. The predicted octanol–water partition coefficient (Wildman–Crippen LogP) is 2.96. The highest BCUT2D eigenvalue weighted by Crippen LogP contribution is 2.26. The van der Waals surface area contributed by atoms with Crippen LogP contribution in [0.3, 0.4) is 0 Å². The Labute approximate surface area is 111 Å². The molecule has 0 unspecified atom stereocenters. The summed E-state index contributed by atoms with van der Waals surface area (Å²) >= 11 is 0. The quantitative estimate of drug-likeness (QED) is 0.867. The Morgan fingerprint density at radius 3 is 2.78 bits per heavy atom. The largest absolute Gasteiger partial charge is 0.372 e. The van der Waals surface area contributed by atoms with Crippen molar-refractivity contribution < 1.29 is 0 Å². The van der Waals surface area contributed by atoms with Gasteiger partial charge in [0.1, 0.15) is 0 Å². The fourth-order valence-electron chi connectivity index (χ4n) is 2.59. The molecule has 0 saturated heterocycles. The molecule has 1 aliphatic carbocycles. The molecule has 0 spiro atoms. The molecular formula is C15H25N3. The summed E-state index contributed by atoms with van der Waals surface area (Å²) in [6, 6.07) is 5.56. The Balaban J connectivity index is 2.01. The number of nitrogens with zero attached hydrogens (tertiary/aromatic N) is 2. The van der Waals surface area contributed by atoms with Gasteiger partial charge in [-0.05, 0) is 25.0 Å². The molecule has 0 amide bonds. The Morgan fingerprint density at radius 1 is 1.39 bits per heavy atom. The number of hydrogen-bond acceptors (Lipinski definition) is 3. The van der Waals surface area contributed by atoms with Crippen LogP contribution in [0.5, 0.6) is 0 Å². The van der Waals surface area contributed by atoms with E-state index in [1.807, 2.05) is 6.20 Å². The summed E-state index contributed by atoms with van der Waals surface area (Å²) in [5.41, 5.74) is 2.43. The van der Waals surface area contributed by atoms with Crippen LogP contribution in [0.15, 0.2) is 18.3 Å². The van der Waals surface area contributed by atoms with Crippen LogP contribution in [0.2, 0.25) is 0 Å². The van der Waals surface area contributed by atoms with Crippen molar-refractivity contribution in [1.29, 1.82) is 0 Å². The lowest BCUT2D eigenvalue weighted by Gasteiger charge is -2.26. The zero-order chi connectivity index (χ0) is 13.0. The average molecular weight is 247 g/mol. The third kappa shape index (κ3) is 3.45. The van der Waals surface area contributed by atoms with Crippen molar-refractivity contribution in [3.63, 3.8) is 0 Å². The minimum Gasteiger partial charge on any atom is -0.372 e. The van der Waals surface area contributed by atoms with Gasteiger partial charge in [-0.3, -0.25) is 4.98 Å². The van der Waals surface area contributed by atoms with E-state index in [0.29, 0.717) is 6.04 Å². The monoisotopic (exact) mass is 247 g/mol. The van der Waals surface area contributed by atoms with Gasteiger partial charge in [0.15, 0.2) is 0 Å². The van der Waals surface area contributed by atoms with Gasteiger partial charge in [0, 0.05) is 37.6 Å². The maximum Gasteiger partial charge on any atom is 0.0562 e. The van der Waals surface area contributed by atoms with Crippen molar-refractivity contribution >= 4 is 5.69 Å². The second-order valence-electron chi connectivity index (χ2n) is 5.59. The molecule has 0 atom stereocenters. The van der Waals surface area contributed by atoms with Gasteiger partial charge in [0.25, 0.3) is 0 Å². The van der Waals surface area contributed by atoms with E-state index in [-0.39, 0.29) is 0 Å². The Morgan fingerprint density at radius 2 is 2.11 bits per heavy atom. The standard InChI is InChI=1S/C15H25N3/c1-12(2)17-11-13-10-15(8-9-16-13)18(3)14-6-4-5-7-14/h8-10,12,14,17H,4-7,11H2,1-3H3. The summed E-state index contributed by atoms with van der Waals surface area (Å²) < 4.78 is 0. The lowest BCUT2D eigenvalue weighted by molar-refractivity contribution is 0.581. The minimum absolute atomic E-state index is 0.503. The molecule has 1 saturated carbocycles. The average Bonchev–Trinajstić information content (AvgIpc) is 2.89. The highest BCUT2D eigenvalue weighted by Gasteiger charge is 2.19. The minimum atomic E-state index is 0.503. The molecule has 1 aliphatic rings. The third-order valence-corrected chi connectivity index (χ3v) is 3.77. The van der Waals surface area contributed by atoms with Gasteiger partial charge >= 0.3 is 0 Å². The lowest BCUT2D eigenvalue weighted by atomic mass is 10.2. The molecule has 0 radical (unpaired) electrons. The van der Waals surface area contributed by atoms with Crippen molar-refractivity contribution in [3.8, 4) is 0 Å². The fourth-order valence-corrected chi connectivity index (χ4v) is 2.59. The van der Waals surface area contributed by atoms with Crippen molar-refractivity contribution in [1.82, 2.24) is 10.3 Å². The lowest BCUT2D eigenvalue weighted by Crippen LogP contribution is -2.29. The first-order valence-corrected chi connectivity index (χ1v) is 7.08. The van der Waals surface area contributed by atoms with Crippen molar-refractivity contribution in [2.45, 2.75) is 58.2 Å². The predicted molar refractivity (Wildman–Crippen MR) is 76.9 cm³/mol. The second-order valence-corrected chi connectivity index (χ2v) is 5.59. The molecule has 3 nitrogen and oxygen atoms in total. The van der Waals surface area contributed by atoms with Gasteiger partial charge in [0.2, 0.25) is 0 Å². The maximum atomic E-state index is 4.43. The molecule has 1 aromatic heterocycles. The molecule has 100 valence electrons. The van der Waals surface area contributed by atoms with Gasteiger partial charge in [-0.15, -0.1) is 0 Å². The van der Waals surface area contributed by atoms with Crippen LogP contribution in [-0.4, -0.2) is 24.1 Å². The smallest absolute Gasteiger partial charge is 0.0562 e. The molecule has 0 aliphatic heterocycles. The normalized spacial score (nSPS) is 16.4. The number of nitrogens with one attached hydrogen (secondary N) is 1. The van der Waals surface area contributed by atoms with Crippen molar-refractivity contribution in [3.05, 3.63) is 24.0 Å². The van der Waals surface area contributed by atoms with Crippen molar-refractivity contribution in [2.24, 2.45) is 0 Å². The van der Waals surface area contributed by atoms with E-state index in [1.165, 1.54) is 31.4 Å². The molecule has 1 N–H and O–H groups in total. The van der Waals surface area contributed by atoms with Crippen LogP contribution in [0, 0.1) is 0 Å². The van der Waals surface area contributed by atoms with E-state index in [0.717, 1.165) is 18.3 Å². The van der Waals surface area contributed by atoms with E-state index in [4.69, 9.17) is 0 Å². The van der Waals surface area contributed by atoms with Crippen LogP contribution in [0.1, 0.15) is 45.2 Å².